The molecule has 1 saturated carbocycles. The molecule has 1 aliphatic carbocycles. The first-order valence-electron chi connectivity index (χ1n) is 6.11. The van der Waals surface area contributed by atoms with E-state index < -0.39 is 5.97 Å². The van der Waals surface area contributed by atoms with Crippen LogP contribution < -0.4 is 5.32 Å². The topological polar surface area (TPSA) is 49.3 Å². The lowest BCUT2D eigenvalue weighted by molar-refractivity contribution is -0.140. The number of carbonyl (C=O) groups is 1. The van der Waals surface area contributed by atoms with Crippen molar-refractivity contribution < 1.29 is 9.90 Å². The van der Waals surface area contributed by atoms with Gasteiger partial charge in [0.05, 0.1) is 6.42 Å². The molecular formula is C12H23NO2. The van der Waals surface area contributed by atoms with Gasteiger partial charge in [-0.05, 0) is 25.3 Å². The summed E-state index contributed by atoms with van der Waals surface area (Å²) in [5, 5.41) is 12.5. The number of carboxylic acids is 1. The van der Waals surface area contributed by atoms with Gasteiger partial charge in [-0.1, -0.05) is 33.1 Å². The SMILES string of the molecule is CCNC1(CC(=O)O)CCCCC1CC. The van der Waals surface area contributed by atoms with Gasteiger partial charge in [0.1, 0.15) is 0 Å². The van der Waals surface area contributed by atoms with Crippen LogP contribution in [0.1, 0.15) is 52.4 Å². The van der Waals surface area contributed by atoms with Gasteiger partial charge in [0, 0.05) is 5.54 Å². The zero-order chi connectivity index (χ0) is 11.3. The number of aliphatic carboxylic acids is 1. The molecule has 0 amide bonds. The summed E-state index contributed by atoms with van der Waals surface area (Å²) in [6.45, 7) is 5.10. The highest BCUT2D eigenvalue weighted by molar-refractivity contribution is 5.68. The van der Waals surface area contributed by atoms with E-state index in [2.05, 4.69) is 19.2 Å². The van der Waals surface area contributed by atoms with E-state index in [9.17, 15) is 4.79 Å². The van der Waals surface area contributed by atoms with E-state index in [-0.39, 0.29) is 12.0 Å². The molecule has 0 bridgehead atoms. The van der Waals surface area contributed by atoms with E-state index in [1.54, 1.807) is 0 Å². The Morgan fingerprint density at radius 2 is 2.20 bits per heavy atom. The number of nitrogens with one attached hydrogen (secondary N) is 1. The van der Waals surface area contributed by atoms with Gasteiger partial charge in [0.2, 0.25) is 0 Å². The third kappa shape index (κ3) is 2.94. The molecule has 2 N–H and O–H groups in total. The predicted molar refractivity (Wildman–Crippen MR) is 60.9 cm³/mol. The molecule has 0 aromatic rings. The van der Waals surface area contributed by atoms with Crippen LogP contribution in [0.2, 0.25) is 0 Å². The molecule has 88 valence electrons. The zero-order valence-electron chi connectivity index (χ0n) is 9.88. The number of hydrogen-bond acceptors (Lipinski definition) is 2. The Morgan fingerprint density at radius 1 is 1.47 bits per heavy atom. The summed E-state index contributed by atoms with van der Waals surface area (Å²) < 4.78 is 0. The average Bonchev–Trinajstić information content (AvgIpc) is 2.17. The highest BCUT2D eigenvalue weighted by Crippen LogP contribution is 2.38. The molecule has 0 radical (unpaired) electrons. The van der Waals surface area contributed by atoms with Gasteiger partial charge in [-0.25, -0.2) is 0 Å². The first kappa shape index (κ1) is 12.5. The Bertz CT molecular complexity index is 214. The minimum Gasteiger partial charge on any atom is -0.481 e. The van der Waals surface area contributed by atoms with E-state index >= 15 is 0 Å². The lowest BCUT2D eigenvalue weighted by Gasteiger charge is -2.44. The fraction of sp³-hybridized carbons (Fsp3) is 0.917. The van der Waals surface area contributed by atoms with Gasteiger partial charge >= 0.3 is 5.97 Å². The van der Waals surface area contributed by atoms with E-state index in [4.69, 9.17) is 5.11 Å². The Hall–Kier alpha value is -0.570. The van der Waals surface area contributed by atoms with Crippen molar-refractivity contribution in [3.8, 4) is 0 Å². The van der Waals surface area contributed by atoms with Gasteiger partial charge in [-0.2, -0.15) is 0 Å². The van der Waals surface area contributed by atoms with Gasteiger partial charge in [0.25, 0.3) is 0 Å². The number of carboxylic acid groups (broad SMARTS) is 1. The highest BCUT2D eigenvalue weighted by Gasteiger charge is 2.40. The molecule has 0 aliphatic heterocycles. The molecule has 0 spiro atoms. The van der Waals surface area contributed by atoms with Crippen molar-refractivity contribution in [1.29, 1.82) is 0 Å². The second-order valence-corrected chi connectivity index (χ2v) is 4.61. The van der Waals surface area contributed by atoms with Crippen molar-refractivity contribution in [1.82, 2.24) is 5.32 Å². The summed E-state index contributed by atoms with van der Waals surface area (Å²) in [6.07, 6.45) is 5.98. The normalized spacial score (nSPS) is 31.5. The van der Waals surface area contributed by atoms with E-state index in [0.29, 0.717) is 5.92 Å². The molecular weight excluding hydrogens is 190 g/mol. The molecule has 1 fully saturated rings. The van der Waals surface area contributed by atoms with Gasteiger partial charge in [-0.3, -0.25) is 4.79 Å². The first-order chi connectivity index (χ1) is 7.14. The van der Waals surface area contributed by atoms with Gasteiger partial charge < -0.3 is 10.4 Å². The average molecular weight is 213 g/mol. The zero-order valence-corrected chi connectivity index (χ0v) is 9.88. The Kier molecular flexibility index (Phi) is 4.58. The summed E-state index contributed by atoms with van der Waals surface area (Å²) in [5.74, 6) is -0.140. The van der Waals surface area contributed by atoms with E-state index in [1.165, 1.54) is 12.8 Å². The molecule has 1 aliphatic rings. The smallest absolute Gasteiger partial charge is 0.305 e. The van der Waals surface area contributed by atoms with Crippen LogP contribution in [0, 0.1) is 5.92 Å². The molecule has 2 atom stereocenters. The maximum atomic E-state index is 11.0. The summed E-state index contributed by atoms with van der Waals surface area (Å²) in [7, 11) is 0. The second-order valence-electron chi connectivity index (χ2n) is 4.61. The molecule has 15 heavy (non-hydrogen) atoms. The minimum absolute atomic E-state index is 0.131. The van der Waals surface area contributed by atoms with Crippen LogP contribution in [0.4, 0.5) is 0 Å². The lowest BCUT2D eigenvalue weighted by atomic mass is 9.69. The molecule has 2 unspecified atom stereocenters. The largest absolute Gasteiger partial charge is 0.481 e. The fourth-order valence-corrected chi connectivity index (χ4v) is 3.06. The monoisotopic (exact) mass is 213 g/mol. The van der Waals surface area contributed by atoms with Crippen molar-refractivity contribution in [3.63, 3.8) is 0 Å². The van der Waals surface area contributed by atoms with Crippen LogP contribution in [0.15, 0.2) is 0 Å². The molecule has 3 heteroatoms. The third-order valence-electron chi connectivity index (χ3n) is 3.70. The van der Waals surface area contributed by atoms with Crippen LogP contribution >= 0.6 is 0 Å². The Morgan fingerprint density at radius 3 is 2.73 bits per heavy atom. The van der Waals surface area contributed by atoms with Crippen molar-refractivity contribution in [3.05, 3.63) is 0 Å². The Labute approximate surface area is 92.3 Å². The molecule has 3 nitrogen and oxygen atoms in total. The number of hydrogen-bond donors (Lipinski definition) is 2. The predicted octanol–water partition coefficient (Wildman–Crippen LogP) is 2.41. The van der Waals surface area contributed by atoms with Crippen LogP contribution in [-0.2, 0) is 4.79 Å². The van der Waals surface area contributed by atoms with Crippen molar-refractivity contribution in [2.75, 3.05) is 6.54 Å². The standard InChI is InChI=1S/C12H23NO2/c1-3-10-7-5-6-8-12(10,13-4-2)9-11(14)15/h10,13H,3-9H2,1-2H3,(H,14,15). The van der Waals surface area contributed by atoms with Crippen LogP contribution in [0.3, 0.4) is 0 Å². The maximum Gasteiger partial charge on any atom is 0.305 e. The Balaban J connectivity index is 2.78. The molecule has 1 rings (SSSR count). The number of rotatable bonds is 5. The third-order valence-corrected chi connectivity index (χ3v) is 3.70. The maximum absolute atomic E-state index is 11.0. The van der Waals surface area contributed by atoms with Crippen molar-refractivity contribution >= 4 is 5.97 Å². The second kappa shape index (κ2) is 5.50. The van der Waals surface area contributed by atoms with Crippen LogP contribution in [0.5, 0.6) is 0 Å². The fourth-order valence-electron chi connectivity index (χ4n) is 3.06. The summed E-state index contributed by atoms with van der Waals surface area (Å²) in [4.78, 5) is 11.0. The quantitative estimate of drug-likeness (QED) is 0.737. The molecule has 0 aromatic carbocycles. The lowest BCUT2D eigenvalue weighted by Crippen LogP contribution is -2.54. The molecule has 0 saturated heterocycles. The van der Waals surface area contributed by atoms with E-state index in [0.717, 1.165) is 25.8 Å². The molecule has 0 heterocycles. The van der Waals surface area contributed by atoms with Gasteiger partial charge in [-0.15, -0.1) is 0 Å². The minimum atomic E-state index is -0.670. The van der Waals surface area contributed by atoms with Crippen molar-refractivity contribution in [2.45, 2.75) is 57.9 Å². The van der Waals surface area contributed by atoms with Crippen molar-refractivity contribution in [2.24, 2.45) is 5.92 Å². The first-order valence-corrected chi connectivity index (χ1v) is 6.11. The van der Waals surface area contributed by atoms with Crippen LogP contribution in [0.25, 0.3) is 0 Å². The van der Waals surface area contributed by atoms with E-state index in [1.807, 2.05) is 0 Å². The van der Waals surface area contributed by atoms with Crippen LogP contribution in [-0.4, -0.2) is 23.2 Å². The van der Waals surface area contributed by atoms with Gasteiger partial charge in [0.15, 0.2) is 0 Å². The summed E-state index contributed by atoms with van der Waals surface area (Å²) in [5.41, 5.74) is -0.131. The highest BCUT2D eigenvalue weighted by atomic mass is 16.4. The summed E-state index contributed by atoms with van der Waals surface area (Å²) in [6, 6.07) is 0. The summed E-state index contributed by atoms with van der Waals surface area (Å²) >= 11 is 0. The molecule has 0 aromatic heterocycles.